The van der Waals surface area contributed by atoms with Gasteiger partial charge in [0.05, 0.1) is 17.3 Å². The summed E-state index contributed by atoms with van der Waals surface area (Å²) in [6, 6.07) is 13.1. The van der Waals surface area contributed by atoms with Crippen molar-refractivity contribution in [1.82, 2.24) is 25.3 Å². The summed E-state index contributed by atoms with van der Waals surface area (Å²) in [5.74, 6) is 0.562. The minimum atomic E-state index is -0.140. The first-order valence-corrected chi connectivity index (χ1v) is 10.4. The zero-order valence-corrected chi connectivity index (χ0v) is 17.5. The number of nitrogens with zero attached hydrogens (tertiary/aromatic N) is 4. The summed E-state index contributed by atoms with van der Waals surface area (Å²) in [4.78, 5) is 31.0. The average Bonchev–Trinajstić information content (AvgIpc) is 2.78. The summed E-state index contributed by atoms with van der Waals surface area (Å²) in [7, 11) is 0. The first-order valence-electron chi connectivity index (χ1n) is 10.4. The third-order valence-corrected chi connectivity index (χ3v) is 5.77. The van der Waals surface area contributed by atoms with Crippen molar-refractivity contribution in [1.29, 1.82) is 0 Å². The van der Waals surface area contributed by atoms with Gasteiger partial charge in [-0.3, -0.25) is 14.8 Å². The Morgan fingerprint density at radius 2 is 1.94 bits per heavy atom. The molecule has 6 nitrogen and oxygen atoms in total. The lowest BCUT2D eigenvalue weighted by atomic mass is 9.74. The molecule has 1 amide bonds. The van der Waals surface area contributed by atoms with Crippen LogP contribution in [-0.4, -0.2) is 25.8 Å². The highest BCUT2D eigenvalue weighted by Crippen LogP contribution is 2.40. The first kappa shape index (κ1) is 19.3. The largest absolute Gasteiger partial charge is 0.345 e. The van der Waals surface area contributed by atoms with Crippen LogP contribution in [0.2, 0.25) is 0 Å². The fraction of sp³-hybridized carbons (Fsp3) is 0.240. The maximum Gasteiger partial charge on any atom is 0.251 e. The second kappa shape index (κ2) is 7.54. The lowest BCUT2D eigenvalue weighted by molar-refractivity contribution is 0.0919. The van der Waals surface area contributed by atoms with E-state index in [1.54, 1.807) is 18.6 Å². The van der Waals surface area contributed by atoms with Crippen LogP contribution in [0.1, 0.15) is 47.9 Å². The Morgan fingerprint density at radius 3 is 2.77 bits per heavy atom. The molecule has 1 unspecified atom stereocenters. The maximum absolute atomic E-state index is 13.1. The molecular weight excluding hydrogens is 386 g/mol. The van der Waals surface area contributed by atoms with Crippen molar-refractivity contribution in [3.8, 4) is 11.4 Å². The van der Waals surface area contributed by atoms with Crippen molar-refractivity contribution in [3.63, 3.8) is 0 Å². The van der Waals surface area contributed by atoms with Gasteiger partial charge in [-0.05, 0) is 54.7 Å². The molecule has 6 heteroatoms. The predicted molar refractivity (Wildman–Crippen MR) is 119 cm³/mol. The van der Waals surface area contributed by atoms with Gasteiger partial charge in [-0.1, -0.05) is 19.9 Å². The van der Waals surface area contributed by atoms with Crippen LogP contribution in [0.4, 0.5) is 0 Å². The summed E-state index contributed by atoms with van der Waals surface area (Å²) in [6.45, 7) is 4.42. The fourth-order valence-corrected chi connectivity index (χ4v) is 4.27. The number of carbonyl (C=O) groups is 1. The Morgan fingerprint density at radius 1 is 1.06 bits per heavy atom. The van der Waals surface area contributed by atoms with Gasteiger partial charge < -0.3 is 5.32 Å². The molecule has 1 N–H and O–H groups in total. The van der Waals surface area contributed by atoms with Crippen LogP contribution < -0.4 is 5.32 Å². The molecule has 1 aliphatic carbocycles. The van der Waals surface area contributed by atoms with Gasteiger partial charge in [0, 0.05) is 46.9 Å². The quantitative estimate of drug-likeness (QED) is 0.538. The SMILES string of the molecule is CC1(C)Cc2nc(-c3cccnc3)ncc2C(NC(=O)c2ccc3ncccc3c2)C1. The number of rotatable bonds is 3. The van der Waals surface area contributed by atoms with E-state index < -0.39 is 0 Å². The molecule has 5 rings (SSSR count). The standard InChI is InChI=1S/C25H23N5O/c1-25(2)12-21-19(15-28-23(29-21)18-6-3-9-26-14-18)22(13-25)30-24(31)17-7-8-20-16(11-17)5-4-10-27-20/h3-11,14-15,22H,12-13H2,1-2H3,(H,30,31). The molecule has 0 spiro atoms. The number of pyridine rings is 2. The van der Waals surface area contributed by atoms with E-state index in [9.17, 15) is 4.79 Å². The van der Waals surface area contributed by atoms with Gasteiger partial charge in [0.25, 0.3) is 5.91 Å². The van der Waals surface area contributed by atoms with E-state index in [1.165, 1.54) is 0 Å². The summed E-state index contributed by atoms with van der Waals surface area (Å²) in [5, 5.41) is 4.17. The van der Waals surface area contributed by atoms with Crippen LogP contribution in [0.3, 0.4) is 0 Å². The van der Waals surface area contributed by atoms with Gasteiger partial charge in [-0.15, -0.1) is 0 Å². The van der Waals surface area contributed by atoms with Crippen molar-refractivity contribution in [2.75, 3.05) is 0 Å². The molecule has 1 aromatic carbocycles. The van der Waals surface area contributed by atoms with Crippen molar-refractivity contribution >= 4 is 16.8 Å². The molecule has 0 saturated carbocycles. The zero-order valence-electron chi connectivity index (χ0n) is 17.5. The van der Waals surface area contributed by atoms with E-state index in [4.69, 9.17) is 4.98 Å². The summed E-state index contributed by atoms with van der Waals surface area (Å²) >= 11 is 0. The monoisotopic (exact) mass is 409 g/mol. The number of aromatic nitrogens is 4. The number of benzene rings is 1. The molecule has 0 radical (unpaired) electrons. The molecule has 1 aliphatic rings. The Balaban J connectivity index is 1.46. The molecule has 0 fully saturated rings. The van der Waals surface area contributed by atoms with Crippen LogP contribution in [0.15, 0.2) is 67.3 Å². The molecule has 0 bridgehead atoms. The van der Waals surface area contributed by atoms with E-state index >= 15 is 0 Å². The molecule has 3 heterocycles. The lowest BCUT2D eigenvalue weighted by Crippen LogP contribution is -2.37. The van der Waals surface area contributed by atoms with Crippen LogP contribution in [0.5, 0.6) is 0 Å². The summed E-state index contributed by atoms with van der Waals surface area (Å²) in [5.41, 5.74) is 4.37. The van der Waals surface area contributed by atoms with Crippen molar-refractivity contribution < 1.29 is 4.79 Å². The smallest absolute Gasteiger partial charge is 0.251 e. The molecular formula is C25H23N5O. The number of hydrogen-bond acceptors (Lipinski definition) is 5. The normalized spacial score (nSPS) is 17.2. The highest BCUT2D eigenvalue weighted by atomic mass is 16.1. The van der Waals surface area contributed by atoms with Gasteiger partial charge in [0.2, 0.25) is 0 Å². The molecule has 0 saturated heterocycles. The minimum Gasteiger partial charge on any atom is -0.345 e. The van der Waals surface area contributed by atoms with E-state index in [0.717, 1.165) is 40.6 Å². The first-order chi connectivity index (χ1) is 15.0. The van der Waals surface area contributed by atoms with Gasteiger partial charge in [0.15, 0.2) is 5.82 Å². The predicted octanol–water partition coefficient (Wildman–Crippen LogP) is 4.53. The van der Waals surface area contributed by atoms with Gasteiger partial charge in [-0.2, -0.15) is 0 Å². The van der Waals surface area contributed by atoms with E-state index in [1.807, 2.05) is 48.7 Å². The molecule has 4 aromatic rings. The molecule has 1 atom stereocenters. The average molecular weight is 409 g/mol. The minimum absolute atomic E-state index is 0.0127. The third-order valence-electron chi connectivity index (χ3n) is 5.77. The number of nitrogens with one attached hydrogen (secondary N) is 1. The highest BCUT2D eigenvalue weighted by molar-refractivity contribution is 5.98. The highest BCUT2D eigenvalue weighted by Gasteiger charge is 2.34. The molecule has 154 valence electrons. The Labute approximate surface area is 180 Å². The number of amides is 1. The van der Waals surface area contributed by atoms with Gasteiger partial charge in [0.1, 0.15) is 0 Å². The third kappa shape index (κ3) is 3.89. The topological polar surface area (TPSA) is 80.7 Å². The van der Waals surface area contributed by atoms with Gasteiger partial charge in [-0.25, -0.2) is 9.97 Å². The molecule has 31 heavy (non-hydrogen) atoms. The van der Waals surface area contributed by atoms with Crippen molar-refractivity contribution in [3.05, 3.63) is 84.1 Å². The van der Waals surface area contributed by atoms with Crippen molar-refractivity contribution in [2.45, 2.75) is 32.7 Å². The van der Waals surface area contributed by atoms with E-state index in [-0.39, 0.29) is 17.4 Å². The Kier molecular flexibility index (Phi) is 4.70. The van der Waals surface area contributed by atoms with Crippen LogP contribution >= 0.6 is 0 Å². The second-order valence-corrected chi connectivity index (χ2v) is 8.82. The van der Waals surface area contributed by atoms with E-state index in [0.29, 0.717) is 11.4 Å². The Bertz CT molecular complexity index is 1270. The summed E-state index contributed by atoms with van der Waals surface area (Å²) in [6.07, 6.45) is 8.78. The lowest BCUT2D eigenvalue weighted by Gasteiger charge is -2.36. The van der Waals surface area contributed by atoms with E-state index in [2.05, 4.69) is 34.1 Å². The van der Waals surface area contributed by atoms with Crippen LogP contribution in [0, 0.1) is 5.41 Å². The van der Waals surface area contributed by atoms with Crippen LogP contribution in [0.25, 0.3) is 22.3 Å². The van der Waals surface area contributed by atoms with Gasteiger partial charge >= 0.3 is 0 Å². The molecule has 3 aromatic heterocycles. The number of fused-ring (bicyclic) bond motifs is 2. The number of hydrogen-bond donors (Lipinski definition) is 1. The number of carbonyl (C=O) groups excluding carboxylic acids is 1. The molecule has 0 aliphatic heterocycles. The zero-order chi connectivity index (χ0) is 21.4. The second-order valence-electron chi connectivity index (χ2n) is 8.82. The fourth-order valence-electron chi connectivity index (χ4n) is 4.27. The summed E-state index contributed by atoms with van der Waals surface area (Å²) < 4.78 is 0. The van der Waals surface area contributed by atoms with Crippen molar-refractivity contribution in [2.24, 2.45) is 5.41 Å². The Hall–Kier alpha value is -3.67. The maximum atomic E-state index is 13.1. The van der Waals surface area contributed by atoms with Crippen LogP contribution in [-0.2, 0) is 6.42 Å².